The molecule has 0 radical (unpaired) electrons. The third-order valence-corrected chi connectivity index (χ3v) is 8.71. The first-order valence-corrected chi connectivity index (χ1v) is 13.3. The number of imidazole rings is 1. The predicted molar refractivity (Wildman–Crippen MR) is 142 cm³/mol. The van der Waals surface area contributed by atoms with Crippen LogP contribution in [0.5, 0.6) is 0 Å². The molecule has 0 saturated heterocycles. The van der Waals surface area contributed by atoms with Gasteiger partial charge in [0, 0.05) is 17.8 Å². The zero-order valence-corrected chi connectivity index (χ0v) is 22.0. The maximum atomic E-state index is 11.7. The molecule has 7 nitrogen and oxygen atoms in total. The summed E-state index contributed by atoms with van der Waals surface area (Å²) in [6.45, 7) is 7.19. The number of aryl methyl sites for hydroxylation is 1. The Kier molecular flexibility index (Phi) is 6.54. The highest BCUT2D eigenvalue weighted by molar-refractivity contribution is 5.76. The van der Waals surface area contributed by atoms with Gasteiger partial charge in [-0.1, -0.05) is 39.0 Å². The lowest BCUT2D eigenvalue weighted by Gasteiger charge is -2.49. The van der Waals surface area contributed by atoms with E-state index in [2.05, 4.69) is 72.9 Å². The molecule has 0 aliphatic heterocycles. The van der Waals surface area contributed by atoms with Gasteiger partial charge in [-0.25, -0.2) is 9.78 Å². The number of nitrogens with zero attached hydrogens (tertiary/aromatic N) is 4. The average Bonchev–Trinajstić information content (AvgIpc) is 3.20. The smallest absolute Gasteiger partial charge is 0.405 e. The standard InChI is InChI=1S/C29H39N5O2/c1-28(2,3)29(32-27(35)36)16-14-21(15-17-29)34-23-12-6-5-11-22(23)31-25(34)19-33(4)24-13-7-9-20-10-8-18-30-26(20)24/h5-6,8,10-12,18,21,24,32H,7,9,13-17,19H2,1-4H3,(H,35,36). The van der Waals surface area contributed by atoms with Crippen molar-refractivity contribution in [3.8, 4) is 0 Å². The lowest BCUT2D eigenvalue weighted by Crippen LogP contribution is -2.58. The molecule has 1 aromatic carbocycles. The second-order valence-electron chi connectivity index (χ2n) is 11.8. The molecule has 0 spiro atoms. The van der Waals surface area contributed by atoms with Gasteiger partial charge in [-0.2, -0.15) is 0 Å². The summed E-state index contributed by atoms with van der Waals surface area (Å²) in [7, 11) is 2.19. The maximum absolute atomic E-state index is 11.7. The lowest BCUT2D eigenvalue weighted by molar-refractivity contribution is 0.0688. The van der Waals surface area contributed by atoms with E-state index in [1.54, 1.807) is 0 Å². The summed E-state index contributed by atoms with van der Waals surface area (Å²) in [5, 5.41) is 12.5. The highest BCUT2D eigenvalue weighted by atomic mass is 16.4. The van der Waals surface area contributed by atoms with Crippen LogP contribution in [0.4, 0.5) is 4.79 Å². The molecule has 3 aromatic rings. The molecule has 0 bridgehead atoms. The van der Waals surface area contributed by atoms with Crippen molar-refractivity contribution in [3.05, 3.63) is 59.7 Å². The summed E-state index contributed by atoms with van der Waals surface area (Å²) in [5.41, 5.74) is 4.20. The number of hydrogen-bond donors (Lipinski definition) is 2. The fraction of sp³-hybridized carbons (Fsp3) is 0.552. The Balaban J connectivity index is 1.44. The van der Waals surface area contributed by atoms with Crippen LogP contribution >= 0.6 is 0 Å². The molecule has 36 heavy (non-hydrogen) atoms. The minimum atomic E-state index is -0.930. The Bertz CT molecular complexity index is 1240. The first-order chi connectivity index (χ1) is 17.2. The number of aromatic nitrogens is 3. The van der Waals surface area contributed by atoms with Gasteiger partial charge in [0.05, 0.1) is 29.3 Å². The lowest BCUT2D eigenvalue weighted by atomic mass is 9.64. The van der Waals surface area contributed by atoms with Crippen molar-refractivity contribution in [1.29, 1.82) is 0 Å². The zero-order valence-electron chi connectivity index (χ0n) is 22.0. The SMILES string of the molecule is CN(Cc1nc2ccccc2n1C1CCC(NC(=O)O)(C(C)(C)C)CC1)C1CCCc2cccnc21. The largest absolute Gasteiger partial charge is 0.465 e. The van der Waals surface area contributed by atoms with E-state index in [-0.39, 0.29) is 5.41 Å². The molecule has 1 saturated carbocycles. The van der Waals surface area contributed by atoms with Crippen LogP contribution in [0, 0.1) is 5.41 Å². The molecule has 2 aromatic heterocycles. The quantitative estimate of drug-likeness (QED) is 0.452. The topological polar surface area (TPSA) is 83.3 Å². The van der Waals surface area contributed by atoms with Crippen LogP contribution < -0.4 is 5.32 Å². The number of hydrogen-bond acceptors (Lipinski definition) is 4. The van der Waals surface area contributed by atoms with E-state index in [4.69, 9.17) is 9.97 Å². The fourth-order valence-electron chi connectivity index (χ4n) is 6.58. The number of para-hydroxylation sites is 2. The molecule has 1 amide bonds. The van der Waals surface area contributed by atoms with Gasteiger partial charge < -0.3 is 15.0 Å². The minimum absolute atomic E-state index is 0.155. The number of carboxylic acid groups (broad SMARTS) is 1. The van der Waals surface area contributed by atoms with Crippen molar-refractivity contribution in [2.24, 2.45) is 5.41 Å². The Morgan fingerprint density at radius 1 is 1.17 bits per heavy atom. The Morgan fingerprint density at radius 2 is 1.92 bits per heavy atom. The van der Waals surface area contributed by atoms with Gasteiger partial charge in [-0.15, -0.1) is 0 Å². The summed E-state index contributed by atoms with van der Waals surface area (Å²) in [5.74, 6) is 1.08. The summed E-state index contributed by atoms with van der Waals surface area (Å²) >= 11 is 0. The molecule has 1 atom stereocenters. The van der Waals surface area contributed by atoms with Gasteiger partial charge in [-0.05, 0) is 81.2 Å². The van der Waals surface area contributed by atoms with Crippen molar-refractivity contribution < 1.29 is 9.90 Å². The van der Waals surface area contributed by atoms with Gasteiger partial charge in [0.1, 0.15) is 5.82 Å². The second-order valence-corrected chi connectivity index (χ2v) is 11.8. The van der Waals surface area contributed by atoms with Crippen LogP contribution in [0.1, 0.15) is 88.5 Å². The molecule has 1 unspecified atom stereocenters. The molecular weight excluding hydrogens is 450 g/mol. The molecule has 2 N–H and O–H groups in total. The summed E-state index contributed by atoms with van der Waals surface area (Å²) in [6.07, 6.45) is 7.84. The number of fused-ring (bicyclic) bond motifs is 2. The van der Waals surface area contributed by atoms with E-state index in [1.165, 1.54) is 23.2 Å². The van der Waals surface area contributed by atoms with Gasteiger partial charge >= 0.3 is 6.09 Å². The van der Waals surface area contributed by atoms with Crippen molar-refractivity contribution in [2.45, 2.75) is 89.9 Å². The van der Waals surface area contributed by atoms with Crippen molar-refractivity contribution >= 4 is 17.1 Å². The van der Waals surface area contributed by atoms with Crippen LogP contribution in [-0.2, 0) is 13.0 Å². The maximum Gasteiger partial charge on any atom is 0.405 e. The van der Waals surface area contributed by atoms with E-state index >= 15 is 0 Å². The van der Waals surface area contributed by atoms with Gasteiger partial charge in [-0.3, -0.25) is 9.88 Å². The first kappa shape index (κ1) is 24.8. The van der Waals surface area contributed by atoms with E-state index < -0.39 is 11.6 Å². The number of amides is 1. The van der Waals surface area contributed by atoms with Gasteiger partial charge in [0.25, 0.3) is 0 Å². The van der Waals surface area contributed by atoms with Gasteiger partial charge in [0.15, 0.2) is 0 Å². The number of carbonyl (C=O) groups is 1. The van der Waals surface area contributed by atoms with E-state index in [9.17, 15) is 9.90 Å². The third kappa shape index (κ3) is 4.49. The Morgan fingerprint density at radius 3 is 2.64 bits per heavy atom. The molecule has 192 valence electrons. The molecule has 5 rings (SSSR count). The summed E-state index contributed by atoms with van der Waals surface area (Å²) < 4.78 is 2.45. The fourth-order valence-corrected chi connectivity index (χ4v) is 6.58. The van der Waals surface area contributed by atoms with Crippen LogP contribution in [0.2, 0.25) is 0 Å². The van der Waals surface area contributed by atoms with Gasteiger partial charge in [0.2, 0.25) is 0 Å². The van der Waals surface area contributed by atoms with Crippen LogP contribution in [0.3, 0.4) is 0 Å². The third-order valence-electron chi connectivity index (χ3n) is 8.71. The molecule has 7 heteroatoms. The van der Waals surface area contributed by atoms with Crippen LogP contribution in [0.25, 0.3) is 11.0 Å². The molecule has 2 aliphatic rings. The molecule has 1 fully saturated rings. The van der Waals surface area contributed by atoms with E-state index in [0.717, 1.165) is 56.4 Å². The zero-order chi connectivity index (χ0) is 25.5. The molecule has 2 aliphatic carbocycles. The minimum Gasteiger partial charge on any atom is -0.465 e. The number of nitrogens with one attached hydrogen (secondary N) is 1. The van der Waals surface area contributed by atoms with E-state index in [1.807, 2.05) is 12.3 Å². The summed E-state index contributed by atoms with van der Waals surface area (Å²) in [4.78, 5) is 24.0. The van der Waals surface area contributed by atoms with Crippen molar-refractivity contribution in [2.75, 3.05) is 7.05 Å². The van der Waals surface area contributed by atoms with Crippen LogP contribution in [-0.4, -0.2) is 43.2 Å². The number of benzene rings is 1. The predicted octanol–water partition coefficient (Wildman–Crippen LogP) is 6.11. The number of pyridine rings is 1. The molecule has 2 heterocycles. The first-order valence-electron chi connectivity index (χ1n) is 13.3. The highest BCUT2D eigenvalue weighted by Crippen LogP contribution is 2.46. The van der Waals surface area contributed by atoms with Crippen LogP contribution in [0.15, 0.2) is 42.6 Å². The van der Waals surface area contributed by atoms with Crippen molar-refractivity contribution in [1.82, 2.24) is 24.8 Å². The second kappa shape index (κ2) is 9.51. The average molecular weight is 490 g/mol. The van der Waals surface area contributed by atoms with Crippen molar-refractivity contribution in [3.63, 3.8) is 0 Å². The molecular formula is C29H39N5O2. The highest BCUT2D eigenvalue weighted by Gasteiger charge is 2.46. The number of rotatable bonds is 5. The Hall–Kier alpha value is -2.93. The monoisotopic (exact) mass is 489 g/mol. The summed E-state index contributed by atoms with van der Waals surface area (Å²) in [6, 6.07) is 13.3. The van der Waals surface area contributed by atoms with E-state index in [0.29, 0.717) is 12.1 Å². The Labute approximate surface area is 213 Å². The normalized spacial score (nSPS) is 24.6.